The molecular weight excluding hydrogens is 216 g/mol. The van der Waals surface area contributed by atoms with E-state index in [2.05, 4.69) is 5.32 Å². The highest BCUT2D eigenvalue weighted by Gasteiger charge is 2.34. The van der Waals surface area contributed by atoms with E-state index in [0.29, 0.717) is 18.2 Å². The highest BCUT2D eigenvalue weighted by Crippen LogP contribution is 2.20. The molecule has 1 rings (SSSR count). The van der Waals surface area contributed by atoms with Crippen LogP contribution >= 0.6 is 11.8 Å². The second kappa shape index (κ2) is 5.85. The minimum atomic E-state index is -0.925. The van der Waals surface area contributed by atoms with Crippen molar-refractivity contribution in [3.8, 4) is 0 Å². The number of rotatable bonds is 4. The van der Waals surface area contributed by atoms with Gasteiger partial charge in [-0.15, -0.1) is 11.8 Å². The van der Waals surface area contributed by atoms with E-state index in [0.717, 1.165) is 12.8 Å². The fraction of sp³-hybridized carbons (Fsp3) is 0.778. The Balaban J connectivity index is 2.40. The topological polar surface area (TPSA) is 69.6 Å². The van der Waals surface area contributed by atoms with Crippen molar-refractivity contribution in [1.82, 2.24) is 10.2 Å². The first-order valence-electron chi connectivity index (χ1n) is 5.01. The minimum absolute atomic E-state index is 0.263. The largest absolute Gasteiger partial charge is 0.480 e. The van der Waals surface area contributed by atoms with Gasteiger partial charge in [0, 0.05) is 12.3 Å². The van der Waals surface area contributed by atoms with Crippen LogP contribution in [0.2, 0.25) is 0 Å². The Kier molecular flexibility index (Phi) is 4.74. The molecule has 0 aromatic carbocycles. The molecule has 5 nitrogen and oxygen atoms in total. The molecule has 0 saturated carbocycles. The number of nitrogens with zero attached hydrogens (tertiary/aromatic N) is 1. The van der Waals surface area contributed by atoms with Gasteiger partial charge < -0.3 is 15.3 Å². The summed E-state index contributed by atoms with van der Waals surface area (Å²) in [6.07, 6.45) is 1.93. The number of carbonyl (C=O) groups is 2. The molecule has 1 saturated heterocycles. The average molecular weight is 232 g/mol. The van der Waals surface area contributed by atoms with E-state index >= 15 is 0 Å². The van der Waals surface area contributed by atoms with E-state index in [-0.39, 0.29) is 6.03 Å². The van der Waals surface area contributed by atoms with Crippen LogP contribution in [0.1, 0.15) is 19.8 Å². The third-order valence-corrected chi connectivity index (χ3v) is 3.25. The van der Waals surface area contributed by atoms with Crippen LogP contribution in [0.5, 0.6) is 0 Å². The van der Waals surface area contributed by atoms with Crippen LogP contribution in [-0.2, 0) is 4.79 Å². The summed E-state index contributed by atoms with van der Waals surface area (Å²) in [7, 11) is 0. The molecule has 0 aromatic rings. The van der Waals surface area contributed by atoms with Gasteiger partial charge in [-0.1, -0.05) is 13.3 Å². The van der Waals surface area contributed by atoms with Crippen molar-refractivity contribution in [3.63, 3.8) is 0 Å². The monoisotopic (exact) mass is 232 g/mol. The lowest BCUT2D eigenvalue weighted by Crippen LogP contribution is -2.47. The number of unbranched alkanes of at least 4 members (excludes halogenated alkanes) is 1. The zero-order valence-corrected chi connectivity index (χ0v) is 9.55. The Labute approximate surface area is 93.2 Å². The number of hydrogen-bond acceptors (Lipinski definition) is 3. The van der Waals surface area contributed by atoms with E-state index in [9.17, 15) is 9.59 Å². The van der Waals surface area contributed by atoms with Crippen molar-refractivity contribution in [2.45, 2.75) is 25.8 Å². The number of hydrogen-bond donors (Lipinski definition) is 2. The number of amides is 2. The van der Waals surface area contributed by atoms with Crippen molar-refractivity contribution in [2.75, 3.05) is 18.2 Å². The predicted molar refractivity (Wildman–Crippen MR) is 58.9 cm³/mol. The Morgan fingerprint density at radius 3 is 2.93 bits per heavy atom. The van der Waals surface area contributed by atoms with Gasteiger partial charge in [0.05, 0.1) is 5.88 Å². The molecule has 6 heteroatoms. The predicted octanol–water partition coefficient (Wildman–Crippen LogP) is 0.956. The summed E-state index contributed by atoms with van der Waals surface area (Å²) in [5.41, 5.74) is 0. The number of thioether (sulfide) groups is 1. The number of nitrogens with one attached hydrogen (secondary N) is 1. The van der Waals surface area contributed by atoms with Crippen molar-refractivity contribution in [1.29, 1.82) is 0 Å². The molecule has 1 heterocycles. The molecule has 1 aliphatic heterocycles. The second-order valence-corrected chi connectivity index (χ2v) is 4.41. The standard InChI is InChI=1S/C9H16N2O3S/c1-2-3-4-10-9(14)11-6-15-5-7(11)8(12)13/h7H,2-6H2,1H3,(H,10,14)(H,12,13)/t7-/m0/s1. The summed E-state index contributed by atoms with van der Waals surface area (Å²) in [6, 6.07) is -0.933. The molecule has 15 heavy (non-hydrogen) atoms. The van der Waals surface area contributed by atoms with Gasteiger partial charge >= 0.3 is 12.0 Å². The molecular formula is C9H16N2O3S. The van der Waals surface area contributed by atoms with E-state index in [1.54, 1.807) is 0 Å². The van der Waals surface area contributed by atoms with Crippen LogP contribution in [0.15, 0.2) is 0 Å². The van der Waals surface area contributed by atoms with Gasteiger partial charge in [0.1, 0.15) is 6.04 Å². The minimum Gasteiger partial charge on any atom is -0.480 e. The molecule has 1 aliphatic rings. The first kappa shape index (κ1) is 12.2. The Morgan fingerprint density at radius 1 is 1.60 bits per heavy atom. The maximum atomic E-state index is 11.6. The molecule has 0 aliphatic carbocycles. The zero-order chi connectivity index (χ0) is 11.3. The van der Waals surface area contributed by atoms with Gasteiger partial charge in [0.2, 0.25) is 0 Å². The number of aliphatic carboxylic acids is 1. The second-order valence-electron chi connectivity index (χ2n) is 3.41. The normalized spacial score (nSPS) is 20.3. The van der Waals surface area contributed by atoms with Crippen LogP contribution in [0.3, 0.4) is 0 Å². The molecule has 2 N–H and O–H groups in total. The Bertz CT molecular complexity index is 248. The average Bonchev–Trinajstić information content (AvgIpc) is 2.66. The number of carboxylic acids is 1. The molecule has 0 spiro atoms. The molecule has 1 atom stereocenters. The molecule has 86 valence electrons. The summed E-state index contributed by atoms with van der Waals surface area (Å²) < 4.78 is 0. The summed E-state index contributed by atoms with van der Waals surface area (Å²) in [4.78, 5) is 23.8. The van der Waals surface area contributed by atoms with Crippen LogP contribution in [0.4, 0.5) is 4.79 Å². The van der Waals surface area contributed by atoms with Gasteiger partial charge in [-0.05, 0) is 6.42 Å². The molecule has 0 aromatic heterocycles. The molecule has 2 amide bonds. The summed E-state index contributed by atoms with van der Waals surface area (Å²) in [5, 5.41) is 11.6. The highest BCUT2D eigenvalue weighted by molar-refractivity contribution is 7.99. The van der Waals surface area contributed by atoms with Gasteiger partial charge in [-0.2, -0.15) is 0 Å². The van der Waals surface area contributed by atoms with Gasteiger partial charge in [0.15, 0.2) is 0 Å². The molecule has 0 radical (unpaired) electrons. The smallest absolute Gasteiger partial charge is 0.327 e. The first-order chi connectivity index (χ1) is 7.16. The third-order valence-electron chi connectivity index (χ3n) is 2.23. The summed E-state index contributed by atoms with van der Waals surface area (Å²) >= 11 is 1.47. The van der Waals surface area contributed by atoms with Crippen molar-refractivity contribution < 1.29 is 14.7 Å². The van der Waals surface area contributed by atoms with E-state index in [4.69, 9.17) is 5.11 Å². The summed E-state index contributed by atoms with van der Waals surface area (Å²) in [5.74, 6) is 0.0245. The zero-order valence-electron chi connectivity index (χ0n) is 8.73. The van der Waals surface area contributed by atoms with Gasteiger partial charge in [-0.25, -0.2) is 9.59 Å². The van der Waals surface area contributed by atoms with Crippen molar-refractivity contribution >= 4 is 23.8 Å². The van der Waals surface area contributed by atoms with Crippen molar-refractivity contribution in [2.24, 2.45) is 0 Å². The highest BCUT2D eigenvalue weighted by atomic mass is 32.2. The number of carbonyl (C=O) groups excluding carboxylic acids is 1. The number of urea groups is 1. The molecule has 1 fully saturated rings. The lowest BCUT2D eigenvalue weighted by Gasteiger charge is -2.20. The van der Waals surface area contributed by atoms with E-state index < -0.39 is 12.0 Å². The Morgan fingerprint density at radius 2 is 2.33 bits per heavy atom. The fourth-order valence-electron chi connectivity index (χ4n) is 1.32. The lowest BCUT2D eigenvalue weighted by atomic mass is 10.3. The quantitative estimate of drug-likeness (QED) is 0.708. The third kappa shape index (κ3) is 3.30. The molecule has 0 bridgehead atoms. The van der Waals surface area contributed by atoms with Crippen LogP contribution in [0.25, 0.3) is 0 Å². The van der Waals surface area contributed by atoms with E-state index in [1.807, 2.05) is 6.92 Å². The molecule has 0 unspecified atom stereocenters. The first-order valence-corrected chi connectivity index (χ1v) is 6.17. The van der Waals surface area contributed by atoms with Crippen LogP contribution in [-0.4, -0.2) is 46.2 Å². The fourth-order valence-corrected chi connectivity index (χ4v) is 2.47. The van der Waals surface area contributed by atoms with Crippen LogP contribution < -0.4 is 5.32 Å². The lowest BCUT2D eigenvalue weighted by molar-refractivity contribution is -0.140. The SMILES string of the molecule is CCCCNC(=O)N1CSC[C@H]1C(=O)O. The van der Waals surface area contributed by atoms with E-state index in [1.165, 1.54) is 16.7 Å². The van der Waals surface area contributed by atoms with Gasteiger partial charge in [-0.3, -0.25) is 0 Å². The maximum absolute atomic E-state index is 11.6. The van der Waals surface area contributed by atoms with Gasteiger partial charge in [0.25, 0.3) is 0 Å². The number of carboxylic acid groups (broad SMARTS) is 1. The van der Waals surface area contributed by atoms with Crippen LogP contribution in [0, 0.1) is 0 Å². The Hall–Kier alpha value is -0.910. The summed E-state index contributed by atoms with van der Waals surface area (Å²) in [6.45, 7) is 2.65. The maximum Gasteiger partial charge on any atom is 0.327 e. The van der Waals surface area contributed by atoms with Crippen molar-refractivity contribution in [3.05, 3.63) is 0 Å².